The molecule has 36 heavy (non-hydrogen) atoms. The van der Waals surface area contributed by atoms with Crippen molar-refractivity contribution in [3.63, 3.8) is 0 Å². The molecular weight excluding hydrogens is 513 g/mol. The van der Waals surface area contributed by atoms with E-state index in [0.717, 1.165) is 23.6 Å². The lowest BCUT2D eigenvalue weighted by Gasteiger charge is -2.19. The summed E-state index contributed by atoms with van der Waals surface area (Å²) in [5, 5.41) is 4.01. The molecule has 1 aliphatic rings. The van der Waals surface area contributed by atoms with Crippen LogP contribution in [-0.2, 0) is 15.8 Å². The summed E-state index contributed by atoms with van der Waals surface area (Å²) in [6.07, 6.45) is -2.87. The van der Waals surface area contributed by atoms with Crippen LogP contribution in [0.4, 0.5) is 22.0 Å². The summed E-state index contributed by atoms with van der Waals surface area (Å²) in [7, 11) is -3.92. The number of aromatic nitrogens is 5. The van der Waals surface area contributed by atoms with Gasteiger partial charge in [0.05, 0.1) is 10.6 Å². The lowest BCUT2D eigenvalue weighted by Crippen LogP contribution is -2.33. The SMILES string of the molecule is CCS(=O)(=O)c1ccc(-n2ncn(C3CC3)c2=O)nc1-c1nc2cc(C(F)(F)C(F)(F)F)ccc2o1. The zero-order valence-corrected chi connectivity index (χ0v) is 19.1. The van der Waals surface area contributed by atoms with Crippen LogP contribution in [0.15, 0.2) is 50.8 Å². The molecule has 5 rings (SSSR count). The summed E-state index contributed by atoms with van der Waals surface area (Å²) in [5.41, 5.74) is -2.74. The maximum atomic E-state index is 13.8. The quantitative estimate of drug-likeness (QED) is 0.347. The van der Waals surface area contributed by atoms with E-state index in [2.05, 4.69) is 15.1 Å². The van der Waals surface area contributed by atoms with Crippen molar-refractivity contribution in [1.82, 2.24) is 24.3 Å². The first-order valence-corrected chi connectivity index (χ1v) is 12.2. The third-order valence-electron chi connectivity index (χ3n) is 5.72. The largest absolute Gasteiger partial charge is 0.458 e. The van der Waals surface area contributed by atoms with Gasteiger partial charge in [-0.2, -0.15) is 31.7 Å². The van der Waals surface area contributed by atoms with E-state index in [0.29, 0.717) is 12.1 Å². The minimum Gasteiger partial charge on any atom is -0.435 e. The van der Waals surface area contributed by atoms with Crippen molar-refractivity contribution in [2.45, 2.75) is 42.8 Å². The molecule has 0 radical (unpaired) electrons. The molecule has 0 N–H and O–H groups in total. The number of alkyl halides is 5. The number of hydrogen-bond acceptors (Lipinski definition) is 7. The monoisotopic (exact) mass is 529 g/mol. The van der Waals surface area contributed by atoms with Gasteiger partial charge in [-0.05, 0) is 43.2 Å². The average molecular weight is 529 g/mol. The van der Waals surface area contributed by atoms with Crippen molar-refractivity contribution in [2.75, 3.05) is 5.75 Å². The van der Waals surface area contributed by atoms with Crippen molar-refractivity contribution in [3.05, 3.63) is 52.7 Å². The molecule has 0 bridgehead atoms. The van der Waals surface area contributed by atoms with Crippen LogP contribution in [0.5, 0.6) is 0 Å². The molecule has 1 aromatic carbocycles. The molecule has 3 aromatic heterocycles. The molecule has 9 nitrogen and oxygen atoms in total. The number of pyridine rings is 1. The predicted molar refractivity (Wildman–Crippen MR) is 115 cm³/mol. The Kier molecular flexibility index (Phi) is 5.32. The molecule has 0 spiro atoms. The number of rotatable bonds is 6. The van der Waals surface area contributed by atoms with Gasteiger partial charge in [0.15, 0.2) is 21.2 Å². The topological polar surface area (TPSA) is 113 Å². The summed E-state index contributed by atoms with van der Waals surface area (Å²) in [4.78, 5) is 20.5. The van der Waals surface area contributed by atoms with Gasteiger partial charge in [0.1, 0.15) is 17.5 Å². The number of hydrogen-bond donors (Lipinski definition) is 0. The molecule has 1 fully saturated rings. The van der Waals surface area contributed by atoms with Crippen molar-refractivity contribution < 1.29 is 34.8 Å². The summed E-state index contributed by atoms with van der Waals surface area (Å²) in [5.74, 6) is -5.98. The van der Waals surface area contributed by atoms with Gasteiger partial charge < -0.3 is 4.42 Å². The minimum atomic E-state index is -5.83. The average Bonchev–Trinajstić information content (AvgIpc) is 3.45. The zero-order valence-electron chi connectivity index (χ0n) is 18.3. The predicted octanol–water partition coefficient (Wildman–Crippen LogP) is 4.02. The second-order valence-electron chi connectivity index (χ2n) is 8.16. The van der Waals surface area contributed by atoms with E-state index in [1.54, 1.807) is 0 Å². The number of halogens is 5. The van der Waals surface area contributed by atoms with Crippen LogP contribution in [0.25, 0.3) is 28.5 Å². The fraction of sp³-hybridized carbons (Fsp3) is 0.333. The van der Waals surface area contributed by atoms with Gasteiger partial charge in [-0.1, -0.05) is 6.92 Å². The third-order valence-corrected chi connectivity index (χ3v) is 7.48. The number of nitrogens with zero attached hydrogens (tertiary/aromatic N) is 5. The Balaban J connectivity index is 1.67. The first-order valence-electron chi connectivity index (χ1n) is 10.6. The molecule has 0 amide bonds. The Labute approximate surface area is 199 Å². The van der Waals surface area contributed by atoms with Crippen LogP contribution in [0.2, 0.25) is 0 Å². The molecule has 3 heterocycles. The Morgan fingerprint density at radius 1 is 1.08 bits per heavy atom. The van der Waals surface area contributed by atoms with Gasteiger partial charge >= 0.3 is 17.8 Å². The Bertz CT molecular complexity index is 1650. The fourth-order valence-corrected chi connectivity index (χ4v) is 4.59. The molecule has 4 aromatic rings. The van der Waals surface area contributed by atoms with Crippen LogP contribution < -0.4 is 5.69 Å². The number of oxazole rings is 1. The maximum absolute atomic E-state index is 13.8. The second-order valence-corrected chi connectivity index (χ2v) is 10.4. The van der Waals surface area contributed by atoms with Crippen molar-refractivity contribution in [2.24, 2.45) is 0 Å². The molecule has 1 aliphatic carbocycles. The van der Waals surface area contributed by atoms with E-state index in [1.807, 2.05) is 0 Å². The van der Waals surface area contributed by atoms with E-state index in [9.17, 15) is 35.2 Å². The summed E-state index contributed by atoms with van der Waals surface area (Å²) < 4.78 is 99.3. The Morgan fingerprint density at radius 3 is 2.44 bits per heavy atom. The van der Waals surface area contributed by atoms with E-state index in [4.69, 9.17) is 4.42 Å². The highest BCUT2D eigenvalue weighted by Gasteiger charge is 2.58. The normalized spacial score (nSPS) is 15.1. The van der Waals surface area contributed by atoms with Gasteiger partial charge in [0, 0.05) is 11.6 Å². The maximum Gasteiger partial charge on any atom is 0.458 e. The van der Waals surface area contributed by atoms with Crippen LogP contribution in [0.1, 0.15) is 31.4 Å². The lowest BCUT2D eigenvalue weighted by atomic mass is 10.1. The first kappa shape index (κ1) is 24.1. The standard InChI is InChI=1S/C21H16F5N5O4S/c1-2-36(33,34)15-7-8-16(31-19(32)30(10-27-31)12-4-5-12)29-17(15)18-28-13-9-11(3-6-14(13)35-18)20(22,23)21(24,25)26/h3,6-10,12H,2,4-5H2,1H3. The van der Waals surface area contributed by atoms with Crippen LogP contribution in [-0.4, -0.2) is 44.7 Å². The van der Waals surface area contributed by atoms with Gasteiger partial charge in [-0.25, -0.2) is 23.2 Å². The molecule has 1 saturated carbocycles. The van der Waals surface area contributed by atoms with Gasteiger partial charge in [0.25, 0.3) is 0 Å². The highest BCUT2D eigenvalue weighted by Crippen LogP contribution is 2.44. The van der Waals surface area contributed by atoms with Crippen LogP contribution in [0.3, 0.4) is 0 Å². The molecule has 0 saturated heterocycles. The fourth-order valence-electron chi connectivity index (χ4n) is 3.58. The van der Waals surface area contributed by atoms with E-state index < -0.39 is 39.1 Å². The zero-order chi connectivity index (χ0) is 26.0. The molecule has 0 unspecified atom stereocenters. The van der Waals surface area contributed by atoms with E-state index >= 15 is 0 Å². The van der Waals surface area contributed by atoms with Gasteiger partial charge in [0.2, 0.25) is 5.89 Å². The molecule has 15 heteroatoms. The molecule has 190 valence electrons. The Hall–Kier alpha value is -3.62. The van der Waals surface area contributed by atoms with Crippen molar-refractivity contribution in [3.8, 4) is 17.4 Å². The summed E-state index contributed by atoms with van der Waals surface area (Å²) in [6.45, 7) is 1.38. The molecular formula is C21H16F5N5O4S. The van der Waals surface area contributed by atoms with E-state index in [1.165, 1.54) is 30.0 Å². The van der Waals surface area contributed by atoms with Crippen LogP contribution >= 0.6 is 0 Å². The second kappa shape index (κ2) is 7.94. The van der Waals surface area contributed by atoms with E-state index in [-0.39, 0.29) is 39.3 Å². The minimum absolute atomic E-state index is 0.0199. The highest BCUT2D eigenvalue weighted by molar-refractivity contribution is 7.91. The number of benzene rings is 1. The van der Waals surface area contributed by atoms with Gasteiger partial charge in [-0.15, -0.1) is 0 Å². The number of fused-ring (bicyclic) bond motifs is 1. The Morgan fingerprint density at radius 2 is 1.81 bits per heavy atom. The smallest absolute Gasteiger partial charge is 0.435 e. The summed E-state index contributed by atoms with van der Waals surface area (Å²) in [6, 6.07) is 4.39. The van der Waals surface area contributed by atoms with Crippen LogP contribution in [0, 0.1) is 0 Å². The molecule has 0 aliphatic heterocycles. The van der Waals surface area contributed by atoms with Crippen molar-refractivity contribution >= 4 is 20.9 Å². The number of sulfone groups is 1. The summed E-state index contributed by atoms with van der Waals surface area (Å²) >= 11 is 0. The lowest BCUT2D eigenvalue weighted by molar-refractivity contribution is -0.289. The first-order chi connectivity index (χ1) is 16.8. The third kappa shape index (κ3) is 3.86. The molecule has 0 atom stereocenters. The highest BCUT2D eigenvalue weighted by atomic mass is 32.2. The van der Waals surface area contributed by atoms with Gasteiger partial charge in [-0.3, -0.25) is 4.57 Å². The van der Waals surface area contributed by atoms with Crippen molar-refractivity contribution in [1.29, 1.82) is 0 Å².